The van der Waals surface area contributed by atoms with E-state index in [1.165, 1.54) is 32.1 Å². The molecule has 0 saturated carbocycles. The maximum absolute atomic E-state index is 4.14. The molecule has 3 heteroatoms. The summed E-state index contributed by atoms with van der Waals surface area (Å²) in [6.07, 6.45) is 2.37. The first-order chi connectivity index (χ1) is 9.31. The second-order valence-electron chi connectivity index (χ2n) is 7.15. The van der Waals surface area contributed by atoms with Crippen molar-refractivity contribution in [3.05, 3.63) is 44.4 Å². The third-order valence-electron chi connectivity index (χ3n) is 4.94. The van der Waals surface area contributed by atoms with Crippen LogP contribution in [0.4, 0.5) is 0 Å². The summed E-state index contributed by atoms with van der Waals surface area (Å²) in [7, 11) is 0. The summed E-state index contributed by atoms with van der Waals surface area (Å²) in [5.74, 6) is 0.589. The predicted octanol–water partition coefficient (Wildman–Crippen LogP) is 4.68. The van der Waals surface area contributed by atoms with Crippen molar-refractivity contribution in [1.29, 1.82) is 0 Å². The Labute approximate surface area is 138 Å². The minimum absolute atomic E-state index is 0.357. The van der Waals surface area contributed by atoms with Crippen LogP contribution in [0.5, 0.6) is 0 Å². The van der Waals surface area contributed by atoms with Gasteiger partial charge in [0.2, 0.25) is 0 Å². The molecule has 4 rings (SSSR count). The Balaban J connectivity index is 2.16. The van der Waals surface area contributed by atoms with Gasteiger partial charge in [-0.1, -0.05) is 57.9 Å². The summed E-state index contributed by atoms with van der Waals surface area (Å²) in [6, 6.07) is 5.57. The van der Waals surface area contributed by atoms with Gasteiger partial charge in [0.05, 0.1) is 6.04 Å². The van der Waals surface area contributed by atoms with Crippen LogP contribution in [-0.2, 0) is 0 Å². The van der Waals surface area contributed by atoms with Crippen LogP contribution in [-0.4, -0.2) is 6.04 Å². The minimum atomic E-state index is 0.357. The molecule has 1 fully saturated rings. The van der Waals surface area contributed by atoms with Crippen LogP contribution in [0.3, 0.4) is 0 Å². The molecule has 1 saturated heterocycles. The maximum atomic E-state index is 4.14. The number of halogens is 2. The Kier molecular flexibility index (Phi) is 3.67. The van der Waals surface area contributed by atoms with Crippen LogP contribution in [0.25, 0.3) is 0 Å². The van der Waals surface area contributed by atoms with E-state index in [4.69, 9.17) is 0 Å². The lowest BCUT2D eigenvalue weighted by atomic mass is 9.58. The molecule has 0 radical (unpaired) electrons. The molecule has 1 aliphatic carbocycles. The zero-order valence-corrected chi connectivity index (χ0v) is 15.5. The number of hydrogen-bond acceptors (Lipinski definition) is 0. The van der Waals surface area contributed by atoms with E-state index in [-0.39, 0.29) is 0 Å². The lowest BCUT2D eigenvalue weighted by Gasteiger charge is -2.52. The third kappa shape index (κ3) is 2.22. The summed E-state index contributed by atoms with van der Waals surface area (Å²) in [4.78, 5) is 0. The van der Waals surface area contributed by atoms with Gasteiger partial charge in [0.15, 0.2) is 0 Å². The lowest BCUT2D eigenvalue weighted by Crippen LogP contribution is -2.96. The number of rotatable bonds is 2. The van der Waals surface area contributed by atoms with Gasteiger partial charge in [-0.25, -0.2) is 0 Å². The molecule has 2 bridgehead atoms. The van der Waals surface area contributed by atoms with Crippen molar-refractivity contribution in [2.75, 3.05) is 0 Å². The summed E-state index contributed by atoms with van der Waals surface area (Å²) < 4.78 is 2.55. The summed E-state index contributed by atoms with van der Waals surface area (Å²) in [5, 5.41) is 2.59. The number of nitrogens with two attached hydrogens (primary N) is 1. The molecule has 3 aliphatic rings. The first-order valence-electron chi connectivity index (χ1n) is 7.28. The van der Waals surface area contributed by atoms with Crippen LogP contribution in [0.15, 0.2) is 33.2 Å². The zero-order valence-electron chi connectivity index (χ0n) is 12.3. The smallest absolute Gasteiger partial charge is 0.114 e. The maximum Gasteiger partial charge on any atom is 0.114 e. The van der Waals surface area contributed by atoms with E-state index in [0.717, 1.165) is 6.42 Å². The molecule has 2 N–H and O–H groups in total. The highest BCUT2D eigenvalue weighted by atomic mass is 79.9. The molecule has 108 valence electrons. The van der Waals surface area contributed by atoms with Crippen LogP contribution in [0.1, 0.15) is 56.7 Å². The summed E-state index contributed by atoms with van der Waals surface area (Å²) in [5.41, 5.74) is 4.70. The number of hydrogen-bond donors (Lipinski definition) is 1. The van der Waals surface area contributed by atoms with E-state index in [9.17, 15) is 0 Å². The summed E-state index contributed by atoms with van der Waals surface area (Å²) >= 11 is 7.57. The van der Waals surface area contributed by atoms with Crippen molar-refractivity contribution >= 4 is 31.9 Å². The molecule has 2 aliphatic heterocycles. The van der Waals surface area contributed by atoms with Crippen LogP contribution in [0, 0.1) is 5.41 Å². The number of piperidine rings is 1. The van der Waals surface area contributed by atoms with E-state index < -0.39 is 0 Å². The molecular weight excluding hydrogens is 378 g/mol. The highest BCUT2D eigenvalue weighted by Gasteiger charge is 2.53. The van der Waals surface area contributed by atoms with Crippen LogP contribution in [0.2, 0.25) is 0 Å². The van der Waals surface area contributed by atoms with Gasteiger partial charge in [-0.2, -0.15) is 0 Å². The molecule has 1 aromatic rings. The predicted molar refractivity (Wildman–Crippen MR) is 90.9 cm³/mol. The van der Waals surface area contributed by atoms with E-state index >= 15 is 0 Å². The average molecular weight is 400 g/mol. The minimum Gasteiger partial charge on any atom is -0.337 e. The van der Waals surface area contributed by atoms with Gasteiger partial charge < -0.3 is 5.32 Å². The zero-order chi connectivity index (χ0) is 14.7. The topological polar surface area (TPSA) is 16.6 Å². The first kappa shape index (κ1) is 14.8. The fourth-order valence-corrected chi connectivity index (χ4v) is 5.65. The van der Waals surface area contributed by atoms with E-state index in [1.807, 2.05) is 0 Å². The number of fused-ring (bicyclic) bond motifs is 2. The molecule has 0 aromatic heterocycles. The van der Waals surface area contributed by atoms with Crippen molar-refractivity contribution in [2.24, 2.45) is 5.41 Å². The van der Waals surface area contributed by atoms with Crippen LogP contribution < -0.4 is 5.32 Å². The average Bonchev–Trinajstić information content (AvgIpc) is 2.31. The molecule has 0 amide bonds. The fourth-order valence-electron chi connectivity index (χ4n) is 4.42. The number of benzene rings is 1. The standard InChI is InChI=1S/C17H21Br2N/c1-9(2)7-12-16-15-11(19)6-5-10(18)14(15)13(20-12)8-17(16,3)4/h5-6,12-13,16,20H,1,7-8H2,2-4H3/p+1/t12-,13-,16-/m0/s1. The van der Waals surface area contributed by atoms with Crippen molar-refractivity contribution in [3.63, 3.8) is 0 Å². The molecular formula is C17H22Br2N+. The Morgan fingerprint density at radius 2 is 1.90 bits per heavy atom. The van der Waals surface area contributed by atoms with Crippen molar-refractivity contribution in [3.8, 4) is 0 Å². The van der Waals surface area contributed by atoms with Crippen molar-refractivity contribution in [1.82, 2.24) is 0 Å². The van der Waals surface area contributed by atoms with Crippen molar-refractivity contribution in [2.45, 2.75) is 51.6 Å². The van der Waals surface area contributed by atoms with Gasteiger partial charge in [0.1, 0.15) is 6.04 Å². The second-order valence-corrected chi connectivity index (χ2v) is 8.86. The number of quaternary nitrogens is 1. The second kappa shape index (κ2) is 4.96. The Morgan fingerprint density at radius 3 is 2.50 bits per heavy atom. The summed E-state index contributed by atoms with van der Waals surface area (Å²) in [6.45, 7) is 11.1. The van der Waals surface area contributed by atoms with E-state index in [2.05, 4.69) is 76.7 Å². The monoisotopic (exact) mass is 398 g/mol. The largest absolute Gasteiger partial charge is 0.337 e. The Hall–Kier alpha value is -0.120. The van der Waals surface area contributed by atoms with Gasteiger partial charge in [0, 0.05) is 33.3 Å². The fraction of sp³-hybridized carbons (Fsp3) is 0.529. The highest BCUT2D eigenvalue weighted by Crippen LogP contribution is 2.56. The molecule has 0 unspecified atom stereocenters. The van der Waals surface area contributed by atoms with Gasteiger partial charge in [-0.05, 0) is 30.0 Å². The normalized spacial score (nSPS) is 30.1. The first-order valence-corrected chi connectivity index (χ1v) is 8.87. The molecule has 0 spiro atoms. The Morgan fingerprint density at radius 1 is 1.30 bits per heavy atom. The lowest BCUT2D eigenvalue weighted by molar-refractivity contribution is -0.749. The van der Waals surface area contributed by atoms with Crippen molar-refractivity contribution < 1.29 is 5.32 Å². The third-order valence-corrected chi connectivity index (χ3v) is 6.33. The van der Waals surface area contributed by atoms with Gasteiger partial charge in [-0.3, -0.25) is 0 Å². The van der Waals surface area contributed by atoms with Gasteiger partial charge >= 0.3 is 0 Å². The Bertz CT molecular complexity index is 577. The van der Waals surface area contributed by atoms with Gasteiger partial charge in [-0.15, -0.1) is 0 Å². The molecule has 1 nitrogen and oxygen atoms in total. The van der Waals surface area contributed by atoms with Gasteiger partial charge in [0.25, 0.3) is 0 Å². The highest BCUT2D eigenvalue weighted by molar-refractivity contribution is 9.11. The molecule has 20 heavy (non-hydrogen) atoms. The SMILES string of the molecule is C=C(C)C[C@@H]1[NH2+][C@H]2CC(C)(C)[C@@H]1c1c(Br)ccc(Br)c12. The van der Waals surface area contributed by atoms with Crippen LogP contribution >= 0.6 is 31.9 Å². The quantitative estimate of drug-likeness (QED) is 0.695. The molecule has 3 atom stereocenters. The van der Waals surface area contributed by atoms with E-state index in [0.29, 0.717) is 23.4 Å². The van der Waals surface area contributed by atoms with E-state index in [1.54, 1.807) is 0 Å². The molecule has 1 aromatic carbocycles. The molecule has 2 heterocycles.